The fourth-order valence-electron chi connectivity index (χ4n) is 4.15. The van der Waals surface area contributed by atoms with Crippen molar-refractivity contribution in [3.63, 3.8) is 0 Å². The Hall–Kier alpha value is -3.48. The van der Waals surface area contributed by atoms with Gasteiger partial charge in [-0.05, 0) is 62.3 Å². The number of aryl methyl sites for hydroxylation is 2. The van der Waals surface area contributed by atoms with Crippen LogP contribution in [-0.4, -0.2) is 15.3 Å². The van der Waals surface area contributed by atoms with Gasteiger partial charge < -0.3 is 9.84 Å². The maximum absolute atomic E-state index is 6.28. The second-order valence-electron chi connectivity index (χ2n) is 8.35. The summed E-state index contributed by atoms with van der Waals surface area (Å²) in [5.41, 5.74) is 6.81. The predicted molar refractivity (Wildman–Crippen MR) is 141 cm³/mol. The second-order valence-corrected chi connectivity index (χ2v) is 9.14. The Morgan fingerprint density at radius 2 is 1.71 bits per heavy atom. The lowest BCUT2D eigenvalue weighted by atomic mass is 9.94. The van der Waals surface area contributed by atoms with Crippen molar-refractivity contribution in [1.29, 1.82) is 0 Å². The van der Waals surface area contributed by atoms with Gasteiger partial charge in [-0.15, -0.1) is 0 Å². The van der Waals surface area contributed by atoms with Crippen molar-refractivity contribution in [1.82, 2.24) is 15.5 Å². The number of benzene rings is 3. The molecule has 0 spiro atoms. The molecule has 0 saturated carbocycles. The maximum Gasteiger partial charge on any atom is 0.258 e. The lowest BCUT2D eigenvalue weighted by molar-refractivity contribution is 0.404. The first kappa shape index (κ1) is 22.3. The Morgan fingerprint density at radius 1 is 0.971 bits per heavy atom. The van der Waals surface area contributed by atoms with E-state index in [0.717, 1.165) is 33.6 Å². The van der Waals surface area contributed by atoms with E-state index in [1.807, 2.05) is 86.3 Å². The van der Waals surface area contributed by atoms with Crippen molar-refractivity contribution in [2.75, 3.05) is 4.90 Å². The highest BCUT2D eigenvalue weighted by atomic mass is 35.5. The molecule has 2 heterocycles. The summed E-state index contributed by atoms with van der Waals surface area (Å²) < 4.78 is 5.82. The summed E-state index contributed by atoms with van der Waals surface area (Å²) in [5, 5.41) is 9.07. The van der Waals surface area contributed by atoms with Gasteiger partial charge in [-0.25, -0.2) is 0 Å². The van der Waals surface area contributed by atoms with E-state index >= 15 is 0 Å². The van der Waals surface area contributed by atoms with Gasteiger partial charge in [0, 0.05) is 22.0 Å². The highest BCUT2D eigenvalue weighted by molar-refractivity contribution is 7.80. The smallest absolute Gasteiger partial charge is 0.258 e. The molecule has 1 aromatic heterocycles. The average molecular weight is 487 g/mol. The van der Waals surface area contributed by atoms with E-state index < -0.39 is 0 Å². The quantitative estimate of drug-likeness (QED) is 0.317. The number of anilines is 1. The van der Waals surface area contributed by atoms with Crippen molar-refractivity contribution in [3.05, 3.63) is 106 Å². The molecule has 0 amide bonds. The van der Waals surface area contributed by atoms with Crippen molar-refractivity contribution in [2.24, 2.45) is 0 Å². The molecule has 34 heavy (non-hydrogen) atoms. The SMILES string of the molecule is CC1=C(c2nc(-c3ccc(C)cc3)no2)C(c2ccccc2)NC(=S)N1c1ccc(Cl)c(C)c1. The molecule has 0 saturated heterocycles. The molecule has 0 radical (unpaired) electrons. The van der Waals surface area contributed by atoms with Gasteiger partial charge in [0.25, 0.3) is 5.89 Å². The standard InChI is InChI=1S/C27H23ClN4OS/c1-16-9-11-20(12-10-16)25-30-26(33-31-25)23-18(3)32(21-13-14-22(28)17(2)15-21)27(34)29-24(23)19-7-5-4-6-8-19/h4-15,24H,1-3H3,(H,29,34). The number of halogens is 1. The van der Waals surface area contributed by atoms with Gasteiger partial charge in [0.1, 0.15) is 0 Å². The molecule has 0 fully saturated rings. The topological polar surface area (TPSA) is 54.2 Å². The van der Waals surface area contributed by atoms with Crippen LogP contribution in [0.2, 0.25) is 5.02 Å². The molecule has 5 rings (SSSR count). The van der Waals surface area contributed by atoms with Crippen LogP contribution in [0.3, 0.4) is 0 Å². The van der Waals surface area contributed by atoms with Gasteiger partial charge in [0.2, 0.25) is 5.82 Å². The maximum atomic E-state index is 6.28. The predicted octanol–water partition coefficient (Wildman–Crippen LogP) is 6.87. The van der Waals surface area contributed by atoms with E-state index in [9.17, 15) is 0 Å². The summed E-state index contributed by atoms with van der Waals surface area (Å²) in [6.07, 6.45) is 0. The lowest BCUT2D eigenvalue weighted by Crippen LogP contribution is -2.46. The number of nitrogens with one attached hydrogen (secondary N) is 1. The molecule has 5 nitrogen and oxygen atoms in total. The molecule has 1 unspecified atom stereocenters. The van der Waals surface area contributed by atoms with Crippen LogP contribution in [0.1, 0.15) is 35.5 Å². The van der Waals surface area contributed by atoms with E-state index in [1.54, 1.807) is 0 Å². The molecular weight excluding hydrogens is 464 g/mol. The molecule has 1 N–H and O–H groups in total. The van der Waals surface area contributed by atoms with E-state index in [4.69, 9.17) is 33.3 Å². The van der Waals surface area contributed by atoms with Crippen LogP contribution in [0, 0.1) is 13.8 Å². The van der Waals surface area contributed by atoms with E-state index in [-0.39, 0.29) is 6.04 Å². The summed E-state index contributed by atoms with van der Waals surface area (Å²) in [4.78, 5) is 6.77. The van der Waals surface area contributed by atoms with Gasteiger partial charge >= 0.3 is 0 Å². The summed E-state index contributed by atoms with van der Waals surface area (Å²) in [7, 11) is 0. The highest BCUT2D eigenvalue weighted by Crippen LogP contribution is 2.39. The van der Waals surface area contributed by atoms with Gasteiger partial charge in [-0.3, -0.25) is 4.90 Å². The minimum atomic E-state index is -0.232. The van der Waals surface area contributed by atoms with E-state index in [0.29, 0.717) is 21.9 Å². The fraction of sp³-hybridized carbons (Fsp3) is 0.148. The molecule has 4 aromatic rings. The van der Waals surface area contributed by atoms with Gasteiger partial charge in [-0.2, -0.15) is 4.98 Å². The number of thiocarbonyl (C=S) groups is 1. The number of nitrogens with zero attached hydrogens (tertiary/aromatic N) is 3. The first-order valence-corrected chi connectivity index (χ1v) is 11.7. The minimum Gasteiger partial charge on any atom is -0.351 e. The average Bonchev–Trinajstić information content (AvgIpc) is 3.31. The molecule has 3 aromatic carbocycles. The largest absolute Gasteiger partial charge is 0.351 e. The molecule has 1 aliphatic rings. The van der Waals surface area contributed by atoms with Crippen molar-refractivity contribution in [3.8, 4) is 11.4 Å². The molecule has 0 bridgehead atoms. The molecule has 0 aliphatic carbocycles. The van der Waals surface area contributed by atoms with E-state index in [2.05, 4.69) is 22.6 Å². The van der Waals surface area contributed by atoms with Crippen LogP contribution in [0.15, 0.2) is 83.0 Å². The zero-order valence-electron chi connectivity index (χ0n) is 19.0. The van der Waals surface area contributed by atoms with Crippen LogP contribution in [0.5, 0.6) is 0 Å². The third-order valence-corrected chi connectivity index (χ3v) is 6.71. The van der Waals surface area contributed by atoms with Crippen LogP contribution >= 0.6 is 23.8 Å². The van der Waals surface area contributed by atoms with Crippen LogP contribution < -0.4 is 10.2 Å². The molecule has 170 valence electrons. The molecule has 7 heteroatoms. The van der Waals surface area contributed by atoms with Gasteiger partial charge in [0.15, 0.2) is 5.11 Å². The monoisotopic (exact) mass is 486 g/mol. The number of rotatable bonds is 4. The van der Waals surface area contributed by atoms with Gasteiger partial charge in [0.05, 0.1) is 11.6 Å². The normalized spacial score (nSPS) is 16.1. The van der Waals surface area contributed by atoms with Crippen molar-refractivity contribution >= 4 is 40.2 Å². The Bertz CT molecular complexity index is 1400. The van der Waals surface area contributed by atoms with Gasteiger partial charge in [-0.1, -0.05) is 76.9 Å². The number of aromatic nitrogens is 2. The first-order valence-electron chi connectivity index (χ1n) is 11.0. The second kappa shape index (κ2) is 9.05. The zero-order chi connectivity index (χ0) is 23.8. The zero-order valence-corrected chi connectivity index (χ0v) is 20.6. The minimum absolute atomic E-state index is 0.232. The van der Waals surface area contributed by atoms with Crippen LogP contribution in [0.25, 0.3) is 17.0 Å². The third kappa shape index (κ3) is 4.11. The highest BCUT2D eigenvalue weighted by Gasteiger charge is 2.34. The summed E-state index contributed by atoms with van der Waals surface area (Å²) >= 11 is 12.1. The lowest BCUT2D eigenvalue weighted by Gasteiger charge is -2.37. The van der Waals surface area contributed by atoms with E-state index in [1.165, 1.54) is 5.56 Å². The Balaban J connectivity index is 1.65. The first-order chi connectivity index (χ1) is 16.4. The Labute approximate surface area is 209 Å². The number of hydrogen-bond donors (Lipinski definition) is 1. The fourth-order valence-corrected chi connectivity index (χ4v) is 4.62. The Morgan fingerprint density at radius 3 is 2.41 bits per heavy atom. The number of allylic oxidation sites excluding steroid dienone is 1. The van der Waals surface area contributed by atoms with Crippen molar-refractivity contribution < 1.29 is 4.52 Å². The van der Waals surface area contributed by atoms with Crippen LogP contribution in [-0.2, 0) is 0 Å². The molecule has 1 atom stereocenters. The van der Waals surface area contributed by atoms with Crippen molar-refractivity contribution in [2.45, 2.75) is 26.8 Å². The number of hydrogen-bond acceptors (Lipinski definition) is 4. The summed E-state index contributed by atoms with van der Waals surface area (Å²) in [5.74, 6) is 0.997. The van der Waals surface area contributed by atoms with Crippen LogP contribution in [0.4, 0.5) is 5.69 Å². The summed E-state index contributed by atoms with van der Waals surface area (Å²) in [6.45, 7) is 6.05. The molecule has 1 aliphatic heterocycles. The summed E-state index contributed by atoms with van der Waals surface area (Å²) in [6, 6.07) is 23.8. The molecular formula is C27H23ClN4OS. The Kier molecular flexibility index (Phi) is 5.94. The third-order valence-electron chi connectivity index (χ3n) is 5.98.